The summed E-state index contributed by atoms with van der Waals surface area (Å²) in [5, 5.41) is 2.67. The van der Waals surface area contributed by atoms with Crippen molar-refractivity contribution in [2.75, 3.05) is 0 Å². The summed E-state index contributed by atoms with van der Waals surface area (Å²) in [5.41, 5.74) is 0. The molecule has 0 aliphatic carbocycles. The van der Waals surface area contributed by atoms with Gasteiger partial charge in [-0.25, -0.2) is 0 Å². The van der Waals surface area contributed by atoms with Crippen molar-refractivity contribution in [1.29, 1.82) is 0 Å². The monoisotopic (exact) mass is 185 g/mol. The maximum Gasteiger partial charge on any atom is 0.223 e. The van der Waals surface area contributed by atoms with Crippen LogP contribution in [0.5, 0.6) is 0 Å². The van der Waals surface area contributed by atoms with Gasteiger partial charge in [-0.2, -0.15) is 0 Å². The Balaban J connectivity index is 4.08. The van der Waals surface area contributed by atoms with Crippen molar-refractivity contribution in [3.05, 3.63) is 0 Å². The SMILES string of the molecule is CC(=O)C(C)NC(=O)C(C)C(C)C. The van der Waals surface area contributed by atoms with E-state index in [0.29, 0.717) is 5.92 Å². The van der Waals surface area contributed by atoms with Gasteiger partial charge in [0.1, 0.15) is 0 Å². The van der Waals surface area contributed by atoms with Crippen molar-refractivity contribution in [3.8, 4) is 0 Å². The van der Waals surface area contributed by atoms with Crippen molar-refractivity contribution in [2.24, 2.45) is 11.8 Å². The zero-order valence-electron chi connectivity index (χ0n) is 9.05. The van der Waals surface area contributed by atoms with Gasteiger partial charge >= 0.3 is 0 Å². The maximum absolute atomic E-state index is 11.4. The molecule has 0 rings (SSSR count). The molecule has 0 aliphatic rings. The summed E-state index contributed by atoms with van der Waals surface area (Å²) < 4.78 is 0. The molecule has 3 heteroatoms. The fourth-order valence-corrected chi connectivity index (χ4v) is 0.749. The molecule has 0 aromatic heterocycles. The van der Waals surface area contributed by atoms with Gasteiger partial charge in [0, 0.05) is 5.92 Å². The Morgan fingerprint density at radius 2 is 1.54 bits per heavy atom. The first-order valence-corrected chi connectivity index (χ1v) is 4.67. The molecule has 0 aromatic carbocycles. The Kier molecular flexibility index (Phi) is 4.67. The van der Waals surface area contributed by atoms with E-state index in [4.69, 9.17) is 0 Å². The summed E-state index contributed by atoms with van der Waals surface area (Å²) in [6.45, 7) is 9.02. The molecule has 0 heterocycles. The van der Waals surface area contributed by atoms with Gasteiger partial charge in [-0.1, -0.05) is 20.8 Å². The van der Waals surface area contributed by atoms with Gasteiger partial charge in [0.2, 0.25) is 5.91 Å². The third-order valence-corrected chi connectivity index (χ3v) is 2.38. The van der Waals surface area contributed by atoms with Crippen LogP contribution in [0.1, 0.15) is 34.6 Å². The van der Waals surface area contributed by atoms with Crippen LogP contribution in [0, 0.1) is 11.8 Å². The number of hydrogen-bond donors (Lipinski definition) is 1. The quantitative estimate of drug-likeness (QED) is 0.719. The number of rotatable bonds is 4. The lowest BCUT2D eigenvalue weighted by Gasteiger charge is -2.17. The van der Waals surface area contributed by atoms with Crippen molar-refractivity contribution in [2.45, 2.75) is 40.7 Å². The number of nitrogens with one attached hydrogen (secondary N) is 1. The van der Waals surface area contributed by atoms with E-state index in [0.717, 1.165) is 0 Å². The van der Waals surface area contributed by atoms with Crippen LogP contribution in [0.15, 0.2) is 0 Å². The molecule has 1 N–H and O–H groups in total. The molecule has 0 radical (unpaired) electrons. The second kappa shape index (κ2) is 5.00. The van der Waals surface area contributed by atoms with Crippen LogP contribution in [0.3, 0.4) is 0 Å². The number of ketones is 1. The molecule has 13 heavy (non-hydrogen) atoms. The highest BCUT2D eigenvalue weighted by molar-refractivity contribution is 5.87. The minimum absolute atomic E-state index is 0.00990. The number of Topliss-reactive ketones (excluding diaryl/α,β-unsaturated/α-hetero) is 1. The molecule has 0 bridgehead atoms. The molecule has 3 nitrogen and oxygen atoms in total. The number of amides is 1. The molecule has 0 aromatic rings. The molecule has 1 amide bonds. The van der Waals surface area contributed by atoms with Gasteiger partial charge in [-0.15, -0.1) is 0 Å². The van der Waals surface area contributed by atoms with Crippen LogP contribution in [0.2, 0.25) is 0 Å². The molecule has 0 saturated carbocycles. The lowest BCUT2D eigenvalue weighted by atomic mass is 9.97. The van der Waals surface area contributed by atoms with Gasteiger partial charge < -0.3 is 5.32 Å². The average Bonchev–Trinajstić information content (AvgIpc) is 2.02. The summed E-state index contributed by atoms with van der Waals surface area (Å²) >= 11 is 0. The Morgan fingerprint density at radius 3 is 1.85 bits per heavy atom. The van der Waals surface area contributed by atoms with E-state index >= 15 is 0 Å². The first-order chi connectivity index (χ1) is 5.86. The molecule has 2 atom stereocenters. The molecule has 0 spiro atoms. The largest absolute Gasteiger partial charge is 0.346 e. The van der Waals surface area contributed by atoms with Crippen molar-refractivity contribution in [1.82, 2.24) is 5.32 Å². The van der Waals surface area contributed by atoms with Crippen LogP contribution >= 0.6 is 0 Å². The normalized spacial score (nSPS) is 15.2. The third-order valence-electron chi connectivity index (χ3n) is 2.38. The lowest BCUT2D eigenvalue weighted by molar-refractivity contribution is -0.129. The zero-order chi connectivity index (χ0) is 10.6. The third kappa shape index (κ3) is 4.06. The van der Waals surface area contributed by atoms with E-state index < -0.39 is 0 Å². The van der Waals surface area contributed by atoms with Crippen LogP contribution in [-0.2, 0) is 9.59 Å². The van der Waals surface area contributed by atoms with Crippen LogP contribution in [0.25, 0.3) is 0 Å². The highest BCUT2D eigenvalue weighted by Crippen LogP contribution is 2.09. The summed E-state index contributed by atoms with van der Waals surface area (Å²) in [7, 11) is 0. The first kappa shape index (κ1) is 12.1. The summed E-state index contributed by atoms with van der Waals surface area (Å²) in [6, 6.07) is -0.367. The Morgan fingerprint density at radius 1 is 1.08 bits per heavy atom. The van der Waals surface area contributed by atoms with Gasteiger partial charge in [-0.3, -0.25) is 9.59 Å². The van der Waals surface area contributed by atoms with E-state index in [2.05, 4.69) is 5.32 Å². The smallest absolute Gasteiger partial charge is 0.223 e. The molecular formula is C10H19NO2. The highest BCUT2D eigenvalue weighted by Gasteiger charge is 2.19. The van der Waals surface area contributed by atoms with Crippen molar-refractivity contribution < 1.29 is 9.59 Å². The van der Waals surface area contributed by atoms with Crippen molar-refractivity contribution in [3.63, 3.8) is 0 Å². The van der Waals surface area contributed by atoms with Crippen LogP contribution in [0.4, 0.5) is 0 Å². The van der Waals surface area contributed by atoms with Crippen LogP contribution < -0.4 is 5.32 Å². The predicted octanol–water partition coefficient (Wildman–Crippen LogP) is 1.37. The molecule has 0 aliphatic heterocycles. The fourth-order valence-electron chi connectivity index (χ4n) is 0.749. The Labute approximate surface area is 79.9 Å². The molecule has 0 saturated heterocycles. The van der Waals surface area contributed by atoms with Crippen LogP contribution in [-0.4, -0.2) is 17.7 Å². The standard InChI is InChI=1S/C10H19NO2/c1-6(2)7(3)10(13)11-8(4)9(5)12/h6-8H,1-5H3,(H,11,13). The van der Waals surface area contributed by atoms with E-state index in [1.54, 1.807) is 6.92 Å². The van der Waals surface area contributed by atoms with Gasteiger partial charge in [0.25, 0.3) is 0 Å². The van der Waals surface area contributed by atoms with Gasteiger partial charge in [-0.05, 0) is 19.8 Å². The van der Waals surface area contributed by atoms with Crippen molar-refractivity contribution >= 4 is 11.7 Å². The second-order valence-electron chi connectivity index (χ2n) is 3.87. The first-order valence-electron chi connectivity index (χ1n) is 4.67. The second-order valence-corrected chi connectivity index (χ2v) is 3.87. The molecule has 2 unspecified atom stereocenters. The highest BCUT2D eigenvalue weighted by atomic mass is 16.2. The molecule has 76 valence electrons. The topological polar surface area (TPSA) is 46.2 Å². The lowest BCUT2D eigenvalue weighted by Crippen LogP contribution is -2.41. The maximum atomic E-state index is 11.4. The average molecular weight is 185 g/mol. The number of carbonyl (C=O) groups excluding carboxylic acids is 2. The Bertz CT molecular complexity index is 199. The van der Waals surface area contributed by atoms with Gasteiger partial charge in [0.05, 0.1) is 6.04 Å². The Hall–Kier alpha value is -0.860. The number of hydrogen-bond acceptors (Lipinski definition) is 2. The number of carbonyl (C=O) groups is 2. The summed E-state index contributed by atoms with van der Waals surface area (Å²) in [6.07, 6.45) is 0. The van der Waals surface area contributed by atoms with E-state index in [1.165, 1.54) is 6.92 Å². The fraction of sp³-hybridized carbons (Fsp3) is 0.800. The summed E-state index contributed by atoms with van der Waals surface area (Å²) in [4.78, 5) is 22.3. The molecule has 0 fully saturated rings. The van der Waals surface area contributed by atoms with E-state index in [9.17, 15) is 9.59 Å². The predicted molar refractivity (Wildman–Crippen MR) is 52.3 cm³/mol. The molecular weight excluding hydrogens is 166 g/mol. The van der Waals surface area contributed by atoms with E-state index in [-0.39, 0.29) is 23.7 Å². The minimum atomic E-state index is -0.367. The summed E-state index contributed by atoms with van der Waals surface area (Å²) in [5.74, 6) is 0.211. The minimum Gasteiger partial charge on any atom is -0.346 e. The van der Waals surface area contributed by atoms with Gasteiger partial charge in [0.15, 0.2) is 5.78 Å². The zero-order valence-corrected chi connectivity index (χ0v) is 9.05. The van der Waals surface area contributed by atoms with E-state index in [1.807, 2.05) is 20.8 Å².